The number of hydrogen-bond donors (Lipinski definition) is 1. The monoisotopic (exact) mass is 225 g/mol. The molecular formula is C12H23N3O. The van der Waals surface area contributed by atoms with Crippen LogP contribution in [0.3, 0.4) is 0 Å². The van der Waals surface area contributed by atoms with E-state index in [-0.39, 0.29) is 0 Å². The lowest BCUT2D eigenvalue weighted by Crippen LogP contribution is -2.59. The second-order valence-corrected chi connectivity index (χ2v) is 5.02. The maximum atomic E-state index is 12.0. The van der Waals surface area contributed by atoms with E-state index in [1.54, 1.807) is 0 Å². The summed E-state index contributed by atoms with van der Waals surface area (Å²) in [5, 5.41) is 3.27. The molecule has 92 valence electrons. The largest absolute Gasteiger partial charge is 0.342 e. The molecule has 0 spiro atoms. The lowest BCUT2D eigenvalue weighted by atomic mass is 10.1. The molecule has 1 saturated carbocycles. The van der Waals surface area contributed by atoms with E-state index >= 15 is 0 Å². The fraction of sp³-hybridized carbons (Fsp3) is 0.917. The Kier molecular flexibility index (Phi) is 3.82. The third-order valence-electron chi connectivity index (χ3n) is 3.61. The second kappa shape index (κ2) is 5.15. The van der Waals surface area contributed by atoms with E-state index in [1.165, 1.54) is 12.8 Å². The van der Waals surface area contributed by atoms with Crippen molar-refractivity contribution in [3.05, 3.63) is 0 Å². The highest BCUT2D eigenvalue weighted by atomic mass is 16.2. The molecule has 0 unspecified atom stereocenters. The van der Waals surface area contributed by atoms with Gasteiger partial charge in [-0.25, -0.2) is 0 Å². The summed E-state index contributed by atoms with van der Waals surface area (Å²) in [6.45, 7) is 5.90. The first-order chi connectivity index (χ1) is 7.72. The van der Waals surface area contributed by atoms with Crippen molar-refractivity contribution >= 4 is 5.91 Å². The van der Waals surface area contributed by atoms with Crippen molar-refractivity contribution < 1.29 is 4.79 Å². The Bertz CT molecular complexity index is 249. The number of nitrogens with one attached hydrogen (secondary N) is 1. The molecule has 4 nitrogen and oxygen atoms in total. The Morgan fingerprint density at radius 1 is 1.31 bits per heavy atom. The molecule has 1 aliphatic heterocycles. The number of carbonyl (C=O) groups is 1. The summed E-state index contributed by atoms with van der Waals surface area (Å²) in [4.78, 5) is 16.3. The van der Waals surface area contributed by atoms with E-state index in [2.05, 4.69) is 17.1 Å². The lowest BCUT2D eigenvalue weighted by molar-refractivity contribution is -0.132. The summed E-state index contributed by atoms with van der Waals surface area (Å²) < 4.78 is 0. The summed E-state index contributed by atoms with van der Waals surface area (Å²) in [6.07, 6.45) is 3.51. The maximum Gasteiger partial charge on any atom is 0.236 e. The number of carbonyl (C=O) groups excluding carboxylic acids is 1. The van der Waals surface area contributed by atoms with Gasteiger partial charge in [-0.3, -0.25) is 9.69 Å². The predicted octanol–water partition coefficient (Wildman–Crippen LogP) is 0.291. The average Bonchev–Trinajstić information content (AvgIpc) is 2.97. The van der Waals surface area contributed by atoms with Crippen molar-refractivity contribution in [3.8, 4) is 0 Å². The normalized spacial score (nSPS) is 20.9. The van der Waals surface area contributed by atoms with E-state index in [9.17, 15) is 4.79 Å². The van der Waals surface area contributed by atoms with Gasteiger partial charge >= 0.3 is 0 Å². The first-order valence-electron chi connectivity index (χ1n) is 6.42. The van der Waals surface area contributed by atoms with Crippen LogP contribution in [0.15, 0.2) is 0 Å². The summed E-state index contributed by atoms with van der Waals surface area (Å²) in [5.41, 5.74) is 0. The zero-order chi connectivity index (χ0) is 11.5. The second-order valence-electron chi connectivity index (χ2n) is 5.02. The van der Waals surface area contributed by atoms with Crippen LogP contribution in [0.4, 0.5) is 0 Å². The van der Waals surface area contributed by atoms with Crippen molar-refractivity contribution in [3.63, 3.8) is 0 Å². The van der Waals surface area contributed by atoms with Crippen LogP contribution in [-0.2, 0) is 4.79 Å². The number of rotatable bonds is 6. The van der Waals surface area contributed by atoms with Gasteiger partial charge in [0.15, 0.2) is 0 Å². The Labute approximate surface area is 98.0 Å². The first kappa shape index (κ1) is 11.9. The van der Waals surface area contributed by atoms with E-state index in [0.717, 1.165) is 26.1 Å². The predicted molar refractivity (Wildman–Crippen MR) is 64.3 cm³/mol. The molecular weight excluding hydrogens is 202 g/mol. The summed E-state index contributed by atoms with van der Waals surface area (Å²) >= 11 is 0. The first-order valence-corrected chi connectivity index (χ1v) is 6.42. The highest BCUT2D eigenvalue weighted by Crippen LogP contribution is 2.25. The van der Waals surface area contributed by atoms with Crippen LogP contribution in [-0.4, -0.2) is 61.0 Å². The highest BCUT2D eigenvalue weighted by Gasteiger charge is 2.32. The minimum Gasteiger partial charge on any atom is -0.342 e. The molecule has 2 rings (SSSR count). The Morgan fingerprint density at radius 2 is 2.00 bits per heavy atom. The van der Waals surface area contributed by atoms with Gasteiger partial charge < -0.3 is 10.2 Å². The fourth-order valence-electron chi connectivity index (χ4n) is 2.16. The number of hydrogen-bond acceptors (Lipinski definition) is 3. The van der Waals surface area contributed by atoms with Gasteiger partial charge in [-0.1, -0.05) is 6.92 Å². The quantitative estimate of drug-likeness (QED) is 0.706. The molecule has 16 heavy (non-hydrogen) atoms. The summed E-state index contributed by atoms with van der Waals surface area (Å²) in [7, 11) is 1.95. The number of likely N-dealkylation sites (N-methyl/N-ethyl adjacent to an activating group) is 1. The number of nitrogens with zero attached hydrogens (tertiary/aromatic N) is 2. The van der Waals surface area contributed by atoms with Crippen LogP contribution >= 0.6 is 0 Å². The summed E-state index contributed by atoms with van der Waals surface area (Å²) in [6, 6.07) is 1.12. The van der Waals surface area contributed by atoms with E-state index < -0.39 is 0 Å². The van der Waals surface area contributed by atoms with Crippen LogP contribution in [0.25, 0.3) is 0 Å². The molecule has 2 fully saturated rings. The van der Waals surface area contributed by atoms with E-state index in [0.29, 0.717) is 24.5 Å². The van der Waals surface area contributed by atoms with Gasteiger partial charge in [0.05, 0.1) is 6.54 Å². The zero-order valence-corrected chi connectivity index (χ0v) is 10.4. The van der Waals surface area contributed by atoms with Crippen LogP contribution < -0.4 is 5.32 Å². The van der Waals surface area contributed by atoms with Crippen LogP contribution in [0, 0.1) is 0 Å². The van der Waals surface area contributed by atoms with Crippen LogP contribution in [0.2, 0.25) is 0 Å². The van der Waals surface area contributed by atoms with Crippen molar-refractivity contribution in [1.29, 1.82) is 0 Å². The molecule has 0 bridgehead atoms. The van der Waals surface area contributed by atoms with Gasteiger partial charge in [0.25, 0.3) is 0 Å². The molecule has 0 atom stereocenters. The van der Waals surface area contributed by atoms with Crippen molar-refractivity contribution in [2.75, 3.05) is 33.2 Å². The van der Waals surface area contributed by atoms with E-state index in [4.69, 9.17) is 0 Å². The van der Waals surface area contributed by atoms with Crippen LogP contribution in [0.1, 0.15) is 26.2 Å². The van der Waals surface area contributed by atoms with Gasteiger partial charge in [0, 0.05) is 32.2 Å². The average molecular weight is 225 g/mol. The molecule has 1 amide bonds. The zero-order valence-electron chi connectivity index (χ0n) is 10.4. The lowest BCUT2D eigenvalue weighted by Gasteiger charge is -2.38. The van der Waals surface area contributed by atoms with Gasteiger partial charge in [0.2, 0.25) is 5.91 Å². The minimum atomic E-state index is 0.294. The number of amides is 1. The van der Waals surface area contributed by atoms with Crippen molar-refractivity contribution in [2.24, 2.45) is 0 Å². The third-order valence-corrected chi connectivity index (χ3v) is 3.61. The van der Waals surface area contributed by atoms with Crippen molar-refractivity contribution in [2.45, 2.75) is 38.3 Å². The maximum absolute atomic E-state index is 12.0. The smallest absolute Gasteiger partial charge is 0.236 e. The van der Waals surface area contributed by atoms with Gasteiger partial charge in [-0.05, 0) is 25.8 Å². The van der Waals surface area contributed by atoms with Crippen LogP contribution in [0.5, 0.6) is 0 Å². The Balaban J connectivity index is 1.80. The van der Waals surface area contributed by atoms with Gasteiger partial charge in [-0.2, -0.15) is 0 Å². The van der Waals surface area contributed by atoms with Gasteiger partial charge in [-0.15, -0.1) is 0 Å². The molecule has 2 aliphatic rings. The Morgan fingerprint density at radius 3 is 2.44 bits per heavy atom. The molecule has 1 aliphatic carbocycles. The fourth-order valence-corrected chi connectivity index (χ4v) is 2.16. The molecule has 1 saturated heterocycles. The molecule has 1 N–H and O–H groups in total. The standard InChI is InChI=1S/C12H23N3O/c1-3-6-15(11-7-13-8-11)9-12(16)14(2)10-4-5-10/h10-11,13H,3-9H2,1-2H3. The van der Waals surface area contributed by atoms with Crippen molar-refractivity contribution in [1.82, 2.24) is 15.1 Å². The molecule has 0 radical (unpaired) electrons. The summed E-state index contributed by atoms with van der Waals surface area (Å²) in [5.74, 6) is 0.294. The molecule has 4 heteroatoms. The van der Waals surface area contributed by atoms with E-state index in [1.807, 2.05) is 11.9 Å². The molecule has 0 aromatic carbocycles. The topological polar surface area (TPSA) is 35.6 Å². The third kappa shape index (κ3) is 2.74. The molecule has 0 aromatic rings. The molecule has 0 aromatic heterocycles. The minimum absolute atomic E-state index is 0.294. The molecule has 1 heterocycles. The van der Waals surface area contributed by atoms with Gasteiger partial charge in [0.1, 0.15) is 0 Å². The SMILES string of the molecule is CCCN(CC(=O)N(C)C1CC1)C1CNC1. The Hall–Kier alpha value is -0.610. The highest BCUT2D eigenvalue weighted by molar-refractivity contribution is 5.78.